The van der Waals surface area contributed by atoms with Crippen LogP contribution in [0.25, 0.3) is 0 Å². The van der Waals surface area contributed by atoms with E-state index in [-0.39, 0.29) is 6.04 Å². The van der Waals surface area contributed by atoms with Gasteiger partial charge >= 0.3 is 5.97 Å². The van der Waals surface area contributed by atoms with E-state index in [2.05, 4.69) is 24.1 Å². The van der Waals surface area contributed by atoms with E-state index in [4.69, 9.17) is 0 Å². The van der Waals surface area contributed by atoms with E-state index in [0.29, 0.717) is 6.54 Å². The minimum absolute atomic E-state index is 0.175. The maximum Gasteiger partial charge on any atom is 0.324 e. The molecule has 1 fully saturated rings. The predicted molar refractivity (Wildman–Crippen MR) is 78.3 cm³/mol. The van der Waals surface area contributed by atoms with Gasteiger partial charge < -0.3 is 10.0 Å². The van der Waals surface area contributed by atoms with Gasteiger partial charge in [-0.1, -0.05) is 13.8 Å². The van der Waals surface area contributed by atoms with Gasteiger partial charge in [-0.15, -0.1) is 0 Å². The van der Waals surface area contributed by atoms with Crippen molar-refractivity contribution < 1.29 is 9.90 Å². The van der Waals surface area contributed by atoms with Crippen LogP contribution in [0, 0.1) is 11.8 Å². The Balaban J connectivity index is 2.55. The molecule has 4 nitrogen and oxygen atoms in total. The number of carboxylic acid groups (broad SMARTS) is 1. The third-order valence-electron chi connectivity index (χ3n) is 4.19. The molecule has 1 saturated heterocycles. The fourth-order valence-electron chi connectivity index (χ4n) is 3.04. The lowest BCUT2D eigenvalue weighted by Gasteiger charge is -2.39. The number of carboxylic acids is 1. The van der Waals surface area contributed by atoms with E-state index < -0.39 is 11.5 Å². The average Bonchev–Trinajstić information content (AvgIpc) is 2.28. The second-order valence-electron chi connectivity index (χ2n) is 6.79. The highest BCUT2D eigenvalue weighted by atomic mass is 16.4. The average molecular weight is 270 g/mol. The molecule has 0 radical (unpaired) electrons. The number of nitrogens with zero attached hydrogens (tertiary/aromatic N) is 1. The molecule has 0 aromatic heterocycles. The van der Waals surface area contributed by atoms with E-state index in [1.54, 1.807) is 6.92 Å². The van der Waals surface area contributed by atoms with Gasteiger partial charge in [0.1, 0.15) is 5.54 Å². The highest BCUT2D eigenvalue weighted by Crippen LogP contribution is 2.25. The van der Waals surface area contributed by atoms with Crippen molar-refractivity contribution in [1.82, 2.24) is 10.2 Å². The highest BCUT2D eigenvalue weighted by Gasteiger charge is 2.36. The molecule has 4 heteroatoms. The molecule has 1 aliphatic heterocycles. The molecule has 19 heavy (non-hydrogen) atoms. The van der Waals surface area contributed by atoms with Crippen molar-refractivity contribution in [3.63, 3.8) is 0 Å². The Bertz CT molecular complexity index is 297. The minimum atomic E-state index is -0.848. The molecule has 0 spiro atoms. The van der Waals surface area contributed by atoms with Crippen LogP contribution in [-0.4, -0.2) is 47.2 Å². The fourth-order valence-corrected chi connectivity index (χ4v) is 3.04. The van der Waals surface area contributed by atoms with Crippen molar-refractivity contribution in [2.45, 2.75) is 59.0 Å². The Labute approximate surface area is 117 Å². The predicted octanol–water partition coefficient (Wildman–Crippen LogP) is 2.20. The first-order chi connectivity index (χ1) is 8.74. The van der Waals surface area contributed by atoms with Crippen molar-refractivity contribution >= 4 is 5.97 Å². The summed E-state index contributed by atoms with van der Waals surface area (Å²) < 4.78 is 0. The summed E-state index contributed by atoms with van der Waals surface area (Å²) in [7, 11) is 0. The summed E-state index contributed by atoms with van der Waals surface area (Å²) in [6, 6.07) is 0.175. The zero-order valence-electron chi connectivity index (χ0n) is 13.1. The maximum absolute atomic E-state index is 11.5. The van der Waals surface area contributed by atoms with Crippen LogP contribution >= 0.6 is 0 Å². The topological polar surface area (TPSA) is 52.6 Å². The molecular weight excluding hydrogens is 240 g/mol. The largest absolute Gasteiger partial charge is 0.480 e. The lowest BCUT2D eigenvalue weighted by atomic mass is 9.86. The van der Waals surface area contributed by atoms with Gasteiger partial charge in [0.15, 0.2) is 0 Å². The molecule has 0 saturated carbocycles. The fraction of sp³-hybridized carbons (Fsp3) is 0.933. The lowest BCUT2D eigenvalue weighted by molar-refractivity contribution is -0.145. The van der Waals surface area contributed by atoms with E-state index in [9.17, 15) is 9.90 Å². The van der Waals surface area contributed by atoms with Gasteiger partial charge in [-0.3, -0.25) is 10.1 Å². The second kappa shape index (κ2) is 6.71. The van der Waals surface area contributed by atoms with Crippen LogP contribution in [-0.2, 0) is 4.79 Å². The van der Waals surface area contributed by atoms with Crippen molar-refractivity contribution in [2.24, 2.45) is 11.8 Å². The van der Waals surface area contributed by atoms with E-state index in [0.717, 1.165) is 24.9 Å². The summed E-state index contributed by atoms with van der Waals surface area (Å²) in [5.41, 5.74) is -0.848. The van der Waals surface area contributed by atoms with Crippen molar-refractivity contribution in [1.29, 1.82) is 0 Å². The molecule has 1 aliphatic rings. The standard InChI is InChI=1S/C15H30N2O2/c1-11(2)13-6-8-17(9-7-13)10-15(5,14(18)19)16-12(3)4/h11-13,16H,6-10H2,1-5H3,(H,18,19). The molecule has 1 atom stereocenters. The molecule has 1 unspecified atom stereocenters. The number of aliphatic carboxylic acids is 1. The number of piperidine rings is 1. The molecule has 0 aromatic rings. The van der Waals surface area contributed by atoms with Gasteiger partial charge in [-0.05, 0) is 58.5 Å². The molecule has 2 N–H and O–H groups in total. The number of rotatable bonds is 6. The molecule has 1 rings (SSSR count). The monoisotopic (exact) mass is 270 g/mol. The molecule has 0 aliphatic carbocycles. The quantitative estimate of drug-likeness (QED) is 0.777. The third-order valence-corrected chi connectivity index (χ3v) is 4.19. The number of nitrogens with one attached hydrogen (secondary N) is 1. The van der Waals surface area contributed by atoms with E-state index in [1.165, 1.54) is 12.8 Å². The van der Waals surface area contributed by atoms with Crippen LogP contribution in [0.15, 0.2) is 0 Å². The van der Waals surface area contributed by atoms with Gasteiger partial charge in [-0.25, -0.2) is 0 Å². The van der Waals surface area contributed by atoms with Crippen LogP contribution in [0.3, 0.4) is 0 Å². The Hall–Kier alpha value is -0.610. The number of likely N-dealkylation sites (tertiary alicyclic amines) is 1. The summed E-state index contributed by atoms with van der Waals surface area (Å²) in [6.45, 7) is 13.0. The van der Waals surface area contributed by atoms with Gasteiger partial charge in [0.2, 0.25) is 0 Å². The van der Waals surface area contributed by atoms with E-state index in [1.807, 2.05) is 13.8 Å². The Kier molecular flexibility index (Phi) is 5.81. The van der Waals surface area contributed by atoms with Gasteiger partial charge in [-0.2, -0.15) is 0 Å². The Morgan fingerprint density at radius 2 is 1.84 bits per heavy atom. The van der Waals surface area contributed by atoms with Gasteiger partial charge in [0, 0.05) is 12.6 Å². The zero-order valence-corrected chi connectivity index (χ0v) is 13.1. The first-order valence-corrected chi connectivity index (χ1v) is 7.48. The molecule has 1 heterocycles. The first-order valence-electron chi connectivity index (χ1n) is 7.48. The van der Waals surface area contributed by atoms with Gasteiger partial charge in [0.25, 0.3) is 0 Å². The Morgan fingerprint density at radius 1 is 1.32 bits per heavy atom. The summed E-state index contributed by atoms with van der Waals surface area (Å²) in [6.07, 6.45) is 2.38. The first kappa shape index (κ1) is 16.4. The smallest absolute Gasteiger partial charge is 0.324 e. The number of hydrogen-bond acceptors (Lipinski definition) is 3. The third kappa shape index (κ3) is 4.77. The summed E-state index contributed by atoms with van der Waals surface area (Å²) >= 11 is 0. The second-order valence-corrected chi connectivity index (χ2v) is 6.79. The van der Waals surface area contributed by atoms with E-state index >= 15 is 0 Å². The summed E-state index contributed by atoms with van der Waals surface area (Å²) in [4.78, 5) is 13.8. The SMILES string of the molecule is CC(C)NC(C)(CN1CCC(C(C)C)CC1)C(=O)O. The Morgan fingerprint density at radius 3 is 2.21 bits per heavy atom. The zero-order chi connectivity index (χ0) is 14.6. The summed E-state index contributed by atoms with van der Waals surface area (Å²) in [5.74, 6) is 0.777. The maximum atomic E-state index is 11.5. The highest BCUT2D eigenvalue weighted by molar-refractivity contribution is 5.78. The van der Waals surface area contributed by atoms with Crippen LogP contribution in [0.4, 0.5) is 0 Å². The minimum Gasteiger partial charge on any atom is -0.480 e. The number of hydrogen-bond donors (Lipinski definition) is 2. The molecule has 112 valence electrons. The van der Waals surface area contributed by atoms with Crippen molar-refractivity contribution in [3.8, 4) is 0 Å². The van der Waals surface area contributed by atoms with Gasteiger partial charge in [0.05, 0.1) is 0 Å². The van der Waals surface area contributed by atoms with Crippen LogP contribution in [0.5, 0.6) is 0 Å². The van der Waals surface area contributed by atoms with Crippen LogP contribution in [0.1, 0.15) is 47.5 Å². The summed E-state index contributed by atoms with van der Waals surface area (Å²) in [5, 5.41) is 12.7. The van der Waals surface area contributed by atoms with Crippen molar-refractivity contribution in [3.05, 3.63) is 0 Å². The van der Waals surface area contributed by atoms with Crippen LogP contribution < -0.4 is 5.32 Å². The molecular formula is C15H30N2O2. The molecule has 0 amide bonds. The number of carbonyl (C=O) groups is 1. The lowest BCUT2D eigenvalue weighted by Crippen LogP contribution is -2.59. The van der Waals surface area contributed by atoms with Crippen LogP contribution in [0.2, 0.25) is 0 Å². The molecule has 0 bridgehead atoms. The van der Waals surface area contributed by atoms with Crippen molar-refractivity contribution in [2.75, 3.05) is 19.6 Å². The molecule has 0 aromatic carbocycles. The normalized spacial score (nSPS) is 21.8.